The quantitative estimate of drug-likeness (QED) is 0.569. The molecule has 0 amide bonds. The second-order valence-corrected chi connectivity index (χ2v) is 6.02. The molecule has 2 aliphatic heterocycles. The van der Waals surface area contributed by atoms with E-state index in [1.54, 1.807) is 0 Å². The molecule has 2 rings (SSSR count). The van der Waals surface area contributed by atoms with Crippen molar-refractivity contribution >= 4 is 23.7 Å². The third kappa shape index (κ3) is 2.92. The summed E-state index contributed by atoms with van der Waals surface area (Å²) in [6.45, 7) is 1.95. The number of hydrogen-bond donors (Lipinski definition) is 4. The highest BCUT2D eigenvalue weighted by molar-refractivity contribution is 8.04. The minimum atomic E-state index is -1.16. The molecule has 0 spiro atoms. The van der Waals surface area contributed by atoms with Gasteiger partial charge in [0, 0.05) is 11.5 Å². The molecule has 0 aliphatic carbocycles. The molecule has 4 N–H and O–H groups in total. The van der Waals surface area contributed by atoms with Crippen LogP contribution in [-0.2, 0) is 14.3 Å². The summed E-state index contributed by atoms with van der Waals surface area (Å²) in [6, 6.07) is 0. The number of hydrogen-bond acceptors (Lipinski definition) is 6. The fourth-order valence-corrected chi connectivity index (χ4v) is 3.92. The topological polar surface area (TPSA) is 116 Å². The lowest BCUT2D eigenvalue weighted by Crippen LogP contribution is -2.41. The van der Waals surface area contributed by atoms with E-state index in [-0.39, 0.29) is 11.8 Å². The van der Waals surface area contributed by atoms with Crippen LogP contribution >= 0.6 is 11.8 Å². The van der Waals surface area contributed by atoms with Crippen LogP contribution in [0.2, 0.25) is 0 Å². The number of carbonyl (C=O) groups is 2. The summed E-state index contributed by atoms with van der Waals surface area (Å²) in [5, 5.41) is 30.0. The maximum Gasteiger partial charge on any atom is 0.352 e. The molecular formula is C12H17NO6S. The van der Waals surface area contributed by atoms with E-state index < -0.39 is 29.3 Å². The van der Waals surface area contributed by atoms with Crippen LogP contribution in [0.4, 0.5) is 0 Å². The highest BCUT2D eigenvalue weighted by Crippen LogP contribution is 2.40. The van der Waals surface area contributed by atoms with Gasteiger partial charge >= 0.3 is 11.9 Å². The third-order valence-corrected chi connectivity index (χ3v) is 4.74. The number of aliphatic carboxylic acids is 2. The molecule has 8 heteroatoms. The average molecular weight is 303 g/mol. The zero-order valence-corrected chi connectivity index (χ0v) is 11.7. The van der Waals surface area contributed by atoms with Gasteiger partial charge in [0.25, 0.3) is 0 Å². The molecule has 112 valence electrons. The SMILES string of the molecule is C[C@@H](O)[C@@H](C(=O)O)[C@H]1NC(C(=O)O)=C([C@H]2CCCO2)S1. The Bertz CT molecular complexity index is 443. The molecule has 2 heterocycles. The van der Waals surface area contributed by atoms with Crippen molar-refractivity contribution in [2.24, 2.45) is 5.92 Å². The highest BCUT2D eigenvalue weighted by Gasteiger charge is 2.42. The first-order valence-electron chi connectivity index (χ1n) is 6.35. The van der Waals surface area contributed by atoms with Gasteiger partial charge in [0.1, 0.15) is 11.6 Å². The maximum absolute atomic E-state index is 11.3. The molecule has 1 fully saturated rings. The molecule has 0 aromatic heterocycles. The first-order chi connectivity index (χ1) is 9.41. The van der Waals surface area contributed by atoms with E-state index in [0.717, 1.165) is 24.6 Å². The van der Waals surface area contributed by atoms with Crippen LogP contribution in [0.15, 0.2) is 10.6 Å². The van der Waals surface area contributed by atoms with Crippen LogP contribution in [-0.4, -0.2) is 51.4 Å². The van der Waals surface area contributed by atoms with Gasteiger partial charge in [0.15, 0.2) is 0 Å². The van der Waals surface area contributed by atoms with Crippen molar-refractivity contribution in [3.05, 3.63) is 10.6 Å². The fourth-order valence-electron chi connectivity index (χ4n) is 2.38. The molecule has 20 heavy (non-hydrogen) atoms. The number of ether oxygens (including phenoxy) is 1. The van der Waals surface area contributed by atoms with E-state index in [2.05, 4.69) is 5.32 Å². The van der Waals surface area contributed by atoms with Crippen LogP contribution in [0, 0.1) is 5.92 Å². The monoisotopic (exact) mass is 303 g/mol. The van der Waals surface area contributed by atoms with Crippen LogP contribution < -0.4 is 5.32 Å². The van der Waals surface area contributed by atoms with E-state index in [4.69, 9.17) is 4.74 Å². The van der Waals surface area contributed by atoms with Crippen molar-refractivity contribution in [3.63, 3.8) is 0 Å². The second-order valence-electron chi connectivity index (χ2n) is 4.83. The number of nitrogens with one attached hydrogen (secondary N) is 1. The van der Waals surface area contributed by atoms with Gasteiger partial charge in [-0.2, -0.15) is 0 Å². The van der Waals surface area contributed by atoms with Crippen molar-refractivity contribution in [3.8, 4) is 0 Å². The van der Waals surface area contributed by atoms with Gasteiger partial charge in [0.05, 0.1) is 17.6 Å². The number of rotatable bonds is 5. The Morgan fingerprint density at radius 1 is 1.45 bits per heavy atom. The molecule has 0 aromatic rings. The van der Waals surface area contributed by atoms with E-state index in [9.17, 15) is 24.9 Å². The number of aliphatic hydroxyl groups excluding tert-OH is 1. The Hall–Kier alpha value is -1.25. The van der Waals surface area contributed by atoms with E-state index in [1.807, 2.05) is 0 Å². The molecule has 0 radical (unpaired) electrons. The number of carboxylic acid groups (broad SMARTS) is 2. The van der Waals surface area contributed by atoms with E-state index >= 15 is 0 Å². The summed E-state index contributed by atoms with van der Waals surface area (Å²) < 4.78 is 5.47. The Kier molecular flexibility index (Phi) is 4.56. The minimum Gasteiger partial charge on any atom is -0.481 e. The lowest BCUT2D eigenvalue weighted by Gasteiger charge is -2.22. The zero-order valence-electron chi connectivity index (χ0n) is 10.9. The van der Waals surface area contributed by atoms with E-state index in [0.29, 0.717) is 11.5 Å². The van der Waals surface area contributed by atoms with Crippen molar-refractivity contribution in [1.82, 2.24) is 5.32 Å². The van der Waals surface area contributed by atoms with Crippen molar-refractivity contribution in [2.45, 2.75) is 37.3 Å². The summed E-state index contributed by atoms with van der Waals surface area (Å²) >= 11 is 1.13. The molecule has 0 bridgehead atoms. The predicted octanol–water partition coefficient (Wildman–Crippen LogP) is 0.206. The fraction of sp³-hybridized carbons (Fsp3) is 0.667. The molecule has 4 atom stereocenters. The summed E-state index contributed by atoms with van der Waals surface area (Å²) in [5.41, 5.74) is -0.0150. The van der Waals surface area contributed by atoms with E-state index in [1.165, 1.54) is 6.92 Å². The van der Waals surface area contributed by atoms with Gasteiger partial charge < -0.3 is 25.4 Å². The van der Waals surface area contributed by atoms with Crippen LogP contribution in [0.1, 0.15) is 19.8 Å². The molecule has 0 aromatic carbocycles. The molecular weight excluding hydrogens is 286 g/mol. The number of aliphatic hydroxyl groups is 1. The van der Waals surface area contributed by atoms with Gasteiger partial charge in [-0.25, -0.2) is 4.79 Å². The minimum absolute atomic E-state index is 0.0150. The molecule has 0 saturated carbocycles. The molecule has 2 aliphatic rings. The summed E-state index contributed by atoms with van der Waals surface area (Å²) in [4.78, 5) is 23.0. The van der Waals surface area contributed by atoms with Crippen molar-refractivity contribution in [2.75, 3.05) is 6.61 Å². The molecule has 7 nitrogen and oxygen atoms in total. The van der Waals surface area contributed by atoms with Crippen LogP contribution in [0.3, 0.4) is 0 Å². The van der Waals surface area contributed by atoms with Crippen LogP contribution in [0.5, 0.6) is 0 Å². The van der Waals surface area contributed by atoms with Crippen LogP contribution in [0.25, 0.3) is 0 Å². The van der Waals surface area contributed by atoms with Crippen molar-refractivity contribution < 1.29 is 29.6 Å². The predicted molar refractivity (Wildman–Crippen MR) is 71.0 cm³/mol. The Morgan fingerprint density at radius 3 is 2.60 bits per heavy atom. The first kappa shape index (κ1) is 15.1. The van der Waals surface area contributed by atoms with Gasteiger partial charge in [-0.15, -0.1) is 0 Å². The van der Waals surface area contributed by atoms with Crippen molar-refractivity contribution in [1.29, 1.82) is 0 Å². The number of carboxylic acids is 2. The molecule has 0 unspecified atom stereocenters. The third-order valence-electron chi connectivity index (χ3n) is 3.35. The lowest BCUT2D eigenvalue weighted by atomic mass is 10.0. The smallest absolute Gasteiger partial charge is 0.352 e. The number of thioether (sulfide) groups is 1. The average Bonchev–Trinajstić information content (AvgIpc) is 2.94. The summed E-state index contributed by atoms with van der Waals surface area (Å²) in [6.07, 6.45) is 0.189. The lowest BCUT2D eigenvalue weighted by molar-refractivity contribution is -0.145. The van der Waals surface area contributed by atoms with Gasteiger partial charge in [-0.3, -0.25) is 4.79 Å². The first-order valence-corrected chi connectivity index (χ1v) is 7.23. The second kappa shape index (κ2) is 6.02. The summed E-state index contributed by atoms with van der Waals surface area (Å²) in [5.74, 6) is -3.39. The Balaban J connectivity index is 2.20. The standard InChI is InChI=1S/C12H17NO6S/c1-5(14)7(11(15)16)10-13-8(12(17)18)9(20-10)6-3-2-4-19-6/h5-7,10,13-14H,2-4H2,1H3,(H,15,16)(H,17,18)/t5-,6-,7-,10+/m1/s1. The normalized spacial score (nSPS) is 29.1. The van der Waals surface area contributed by atoms with Gasteiger partial charge in [-0.1, -0.05) is 11.8 Å². The summed E-state index contributed by atoms with van der Waals surface area (Å²) in [7, 11) is 0. The highest BCUT2D eigenvalue weighted by atomic mass is 32.2. The maximum atomic E-state index is 11.3. The Labute approximate surface area is 120 Å². The largest absolute Gasteiger partial charge is 0.481 e. The Morgan fingerprint density at radius 2 is 2.15 bits per heavy atom. The molecule has 1 saturated heterocycles. The van der Waals surface area contributed by atoms with Gasteiger partial charge in [-0.05, 0) is 19.8 Å². The zero-order chi connectivity index (χ0) is 14.9. The van der Waals surface area contributed by atoms with Gasteiger partial charge in [0.2, 0.25) is 0 Å².